The molecule has 2 fully saturated rings. The molecule has 1 unspecified atom stereocenters. The van der Waals surface area contributed by atoms with E-state index in [9.17, 15) is 13.2 Å². The molecule has 150 valence electrons. The van der Waals surface area contributed by atoms with E-state index < -0.39 is 10.0 Å². The van der Waals surface area contributed by atoms with Crippen LogP contribution in [-0.4, -0.2) is 54.7 Å². The van der Waals surface area contributed by atoms with Gasteiger partial charge in [-0.15, -0.1) is 0 Å². The number of morpholine rings is 1. The van der Waals surface area contributed by atoms with Crippen molar-refractivity contribution < 1.29 is 17.9 Å². The Morgan fingerprint density at radius 1 is 1.25 bits per heavy atom. The summed E-state index contributed by atoms with van der Waals surface area (Å²) in [5.74, 6) is 0.854. The first-order chi connectivity index (χ1) is 13.5. The maximum absolute atomic E-state index is 12.8. The molecule has 1 aromatic carbocycles. The number of carbonyl (C=O) groups excluding carboxylic acids is 1. The van der Waals surface area contributed by atoms with Crippen LogP contribution in [0, 0.1) is 5.92 Å². The van der Waals surface area contributed by atoms with Gasteiger partial charge in [0.15, 0.2) is 0 Å². The van der Waals surface area contributed by atoms with E-state index in [4.69, 9.17) is 4.74 Å². The summed E-state index contributed by atoms with van der Waals surface area (Å²) in [7, 11) is -3.65. The number of aromatic nitrogens is 2. The summed E-state index contributed by atoms with van der Waals surface area (Å²) in [6.07, 6.45) is 4.01. The third-order valence-electron chi connectivity index (χ3n) is 5.31. The van der Waals surface area contributed by atoms with Crippen LogP contribution < -0.4 is 5.32 Å². The smallest absolute Gasteiger partial charge is 0.256 e. The normalized spacial score (nSPS) is 19.3. The van der Waals surface area contributed by atoms with Gasteiger partial charge in [0, 0.05) is 24.7 Å². The lowest BCUT2D eigenvalue weighted by Crippen LogP contribution is -2.40. The molecule has 2 aromatic rings. The van der Waals surface area contributed by atoms with Gasteiger partial charge in [-0.1, -0.05) is 6.07 Å². The van der Waals surface area contributed by atoms with Gasteiger partial charge >= 0.3 is 0 Å². The Hall–Kier alpha value is -2.23. The summed E-state index contributed by atoms with van der Waals surface area (Å²) in [5, 5.41) is 7.19. The molecule has 1 amide bonds. The highest BCUT2D eigenvalue weighted by Crippen LogP contribution is 2.40. The van der Waals surface area contributed by atoms with Crippen LogP contribution in [0.15, 0.2) is 41.4 Å². The third kappa shape index (κ3) is 3.82. The Bertz CT molecular complexity index is 962. The molecule has 1 saturated heterocycles. The number of carbonyl (C=O) groups is 1. The first kappa shape index (κ1) is 19.1. The molecule has 8 nitrogen and oxygen atoms in total. The molecular weight excluding hydrogens is 380 g/mol. The number of hydrogen-bond donors (Lipinski definition) is 1. The number of sulfonamides is 1. The number of nitrogens with zero attached hydrogens (tertiary/aromatic N) is 3. The standard InChI is InChI=1S/C19H24N4O4S/c1-14(15-5-6-15)23-18(7-8-20-23)21-19(24)16-3-2-4-17(13-16)28(25,26)22-9-11-27-12-10-22/h2-4,7-8,13-15H,5-6,9-12H2,1H3,(H,21,24). The Kier molecular flexibility index (Phi) is 5.22. The molecule has 4 rings (SSSR count). The SMILES string of the molecule is CC(C1CC1)n1nccc1NC(=O)c1cccc(S(=O)(=O)N2CCOCC2)c1. The summed E-state index contributed by atoms with van der Waals surface area (Å²) in [4.78, 5) is 12.9. The van der Waals surface area contributed by atoms with Crippen molar-refractivity contribution in [2.24, 2.45) is 5.92 Å². The van der Waals surface area contributed by atoms with Crippen molar-refractivity contribution in [3.8, 4) is 0 Å². The Morgan fingerprint density at radius 2 is 2.00 bits per heavy atom. The van der Waals surface area contributed by atoms with E-state index >= 15 is 0 Å². The van der Waals surface area contributed by atoms with Crippen LogP contribution in [-0.2, 0) is 14.8 Å². The highest BCUT2D eigenvalue weighted by Gasteiger charge is 2.31. The van der Waals surface area contributed by atoms with Crippen LogP contribution in [0.25, 0.3) is 0 Å². The number of nitrogens with one attached hydrogen (secondary N) is 1. The molecule has 1 atom stereocenters. The van der Waals surface area contributed by atoms with Crippen LogP contribution in [0.5, 0.6) is 0 Å². The molecule has 1 saturated carbocycles. The monoisotopic (exact) mass is 404 g/mol. The zero-order valence-corrected chi connectivity index (χ0v) is 16.6. The summed E-state index contributed by atoms with van der Waals surface area (Å²) >= 11 is 0. The lowest BCUT2D eigenvalue weighted by atomic mass is 10.2. The van der Waals surface area contributed by atoms with Gasteiger partial charge in [-0.25, -0.2) is 13.1 Å². The van der Waals surface area contributed by atoms with Crippen LogP contribution in [0.4, 0.5) is 5.82 Å². The average molecular weight is 404 g/mol. The quantitative estimate of drug-likeness (QED) is 0.796. The van der Waals surface area contributed by atoms with Gasteiger partial charge in [0.1, 0.15) is 5.82 Å². The molecule has 2 heterocycles. The predicted octanol–water partition coefficient (Wildman–Crippen LogP) is 2.13. The summed E-state index contributed by atoms with van der Waals surface area (Å²) < 4.78 is 34.1. The topological polar surface area (TPSA) is 93.5 Å². The van der Waals surface area contributed by atoms with E-state index in [-0.39, 0.29) is 16.8 Å². The molecule has 0 bridgehead atoms. The van der Waals surface area contributed by atoms with E-state index in [0.29, 0.717) is 43.6 Å². The Morgan fingerprint density at radius 3 is 2.71 bits per heavy atom. The van der Waals surface area contributed by atoms with E-state index in [0.717, 1.165) is 0 Å². The molecule has 1 aliphatic carbocycles. The van der Waals surface area contributed by atoms with Crippen LogP contribution in [0.2, 0.25) is 0 Å². The minimum absolute atomic E-state index is 0.113. The fourth-order valence-electron chi connectivity index (χ4n) is 3.44. The third-order valence-corrected chi connectivity index (χ3v) is 7.20. The fraction of sp³-hybridized carbons (Fsp3) is 0.474. The van der Waals surface area contributed by atoms with Crippen molar-refractivity contribution in [3.63, 3.8) is 0 Å². The lowest BCUT2D eigenvalue weighted by molar-refractivity contribution is 0.0730. The van der Waals surface area contributed by atoms with Crippen molar-refractivity contribution in [3.05, 3.63) is 42.1 Å². The van der Waals surface area contributed by atoms with Gasteiger partial charge < -0.3 is 10.1 Å². The van der Waals surface area contributed by atoms with E-state index in [1.807, 2.05) is 4.68 Å². The second kappa shape index (κ2) is 7.65. The van der Waals surface area contributed by atoms with Gasteiger partial charge in [-0.05, 0) is 43.9 Å². The number of anilines is 1. The number of rotatable bonds is 6. The van der Waals surface area contributed by atoms with Gasteiger partial charge in [-0.2, -0.15) is 9.40 Å². The average Bonchev–Trinajstić information content (AvgIpc) is 3.47. The Labute approximate surface area is 164 Å². The molecule has 1 aliphatic heterocycles. The first-order valence-electron chi connectivity index (χ1n) is 9.49. The molecule has 0 spiro atoms. The molecule has 2 aliphatic rings. The maximum atomic E-state index is 12.8. The molecule has 0 radical (unpaired) electrons. The van der Waals surface area contributed by atoms with E-state index in [1.54, 1.807) is 24.4 Å². The second-order valence-corrected chi connectivity index (χ2v) is 9.18. The van der Waals surface area contributed by atoms with Crippen molar-refractivity contribution in [2.75, 3.05) is 31.6 Å². The van der Waals surface area contributed by atoms with Gasteiger partial charge in [0.05, 0.1) is 30.3 Å². The Balaban J connectivity index is 1.53. The predicted molar refractivity (Wildman–Crippen MR) is 104 cm³/mol. The minimum atomic E-state index is -3.65. The number of benzene rings is 1. The van der Waals surface area contributed by atoms with E-state index in [2.05, 4.69) is 17.3 Å². The van der Waals surface area contributed by atoms with Crippen LogP contribution in [0.1, 0.15) is 36.2 Å². The van der Waals surface area contributed by atoms with Crippen LogP contribution in [0.3, 0.4) is 0 Å². The van der Waals surface area contributed by atoms with Crippen molar-refractivity contribution in [1.82, 2.24) is 14.1 Å². The fourth-order valence-corrected chi connectivity index (χ4v) is 4.89. The molecule has 28 heavy (non-hydrogen) atoms. The molecular formula is C19H24N4O4S. The first-order valence-corrected chi connectivity index (χ1v) is 10.9. The van der Waals surface area contributed by atoms with Crippen molar-refractivity contribution in [1.29, 1.82) is 0 Å². The van der Waals surface area contributed by atoms with Gasteiger partial charge in [0.25, 0.3) is 5.91 Å². The number of hydrogen-bond acceptors (Lipinski definition) is 5. The number of ether oxygens (including phenoxy) is 1. The van der Waals surface area contributed by atoms with Gasteiger partial charge in [0.2, 0.25) is 10.0 Å². The molecule has 1 aromatic heterocycles. The van der Waals surface area contributed by atoms with Crippen LogP contribution >= 0.6 is 0 Å². The minimum Gasteiger partial charge on any atom is -0.379 e. The highest BCUT2D eigenvalue weighted by molar-refractivity contribution is 7.89. The summed E-state index contributed by atoms with van der Waals surface area (Å²) in [6.45, 7) is 3.48. The number of amides is 1. The van der Waals surface area contributed by atoms with E-state index in [1.165, 1.54) is 29.3 Å². The maximum Gasteiger partial charge on any atom is 0.256 e. The molecule has 9 heteroatoms. The highest BCUT2D eigenvalue weighted by atomic mass is 32.2. The largest absolute Gasteiger partial charge is 0.379 e. The summed E-state index contributed by atoms with van der Waals surface area (Å²) in [5.41, 5.74) is 0.293. The zero-order valence-electron chi connectivity index (χ0n) is 15.7. The lowest BCUT2D eigenvalue weighted by Gasteiger charge is -2.26. The van der Waals surface area contributed by atoms with Gasteiger partial charge in [-0.3, -0.25) is 4.79 Å². The van der Waals surface area contributed by atoms with Crippen molar-refractivity contribution in [2.45, 2.75) is 30.7 Å². The molecule has 1 N–H and O–H groups in total. The van der Waals surface area contributed by atoms with Crippen molar-refractivity contribution >= 4 is 21.7 Å². The second-order valence-electron chi connectivity index (χ2n) is 7.24. The summed E-state index contributed by atoms with van der Waals surface area (Å²) in [6, 6.07) is 8.11. The zero-order chi connectivity index (χ0) is 19.7.